The number of carboxylic acid groups (broad SMARTS) is 3. The molecule has 0 atom stereocenters. The van der Waals surface area contributed by atoms with Crippen LogP contribution in [0.25, 0.3) is 0 Å². The zero-order valence-electron chi connectivity index (χ0n) is 11.7. The predicted molar refractivity (Wildman–Crippen MR) is 62.9 cm³/mol. The average molecular weight is 284 g/mol. The normalized spacial score (nSPS) is 8.68. The van der Waals surface area contributed by atoms with E-state index < -0.39 is 17.9 Å². The molecule has 0 aromatic rings. The fourth-order valence-corrected chi connectivity index (χ4v) is 1.09. The third-order valence-corrected chi connectivity index (χ3v) is 2.04. The predicted octanol–water partition coefficient (Wildman–Crippen LogP) is -1.96. The van der Waals surface area contributed by atoms with Gasteiger partial charge in [-0.15, -0.1) is 0 Å². The molecule has 0 unspecified atom stereocenters. The van der Waals surface area contributed by atoms with Crippen molar-refractivity contribution < 1.29 is 59.3 Å². The molecule has 0 aromatic heterocycles. The Hall–Kier alpha value is -0.590. The van der Waals surface area contributed by atoms with Crippen LogP contribution in [0.4, 0.5) is 0 Å². The fourth-order valence-electron chi connectivity index (χ4n) is 1.09. The van der Waals surface area contributed by atoms with Gasteiger partial charge in [-0.05, 0) is 12.8 Å². The smallest absolute Gasteiger partial charge is 0.550 e. The second-order valence-corrected chi connectivity index (χ2v) is 3.82. The fraction of sp³-hybridized carbons (Fsp3) is 0.750. The van der Waals surface area contributed by atoms with Crippen molar-refractivity contribution in [3.63, 3.8) is 0 Å². The maximum atomic E-state index is 9.92. The van der Waals surface area contributed by atoms with E-state index in [9.17, 15) is 19.5 Å². The molecule has 2 N–H and O–H groups in total. The van der Waals surface area contributed by atoms with Gasteiger partial charge in [-0.1, -0.05) is 32.6 Å². The zero-order chi connectivity index (χ0) is 14.4. The number of hydrogen-bond donors (Lipinski definition) is 2. The molecule has 0 saturated heterocycles. The molecule has 7 heteroatoms. The van der Waals surface area contributed by atoms with Crippen molar-refractivity contribution in [3.05, 3.63) is 0 Å². The van der Waals surface area contributed by atoms with Gasteiger partial charge in [0.05, 0.1) is 12.8 Å². The van der Waals surface area contributed by atoms with Crippen LogP contribution in [-0.4, -0.2) is 28.1 Å². The topological polar surface area (TPSA) is 115 Å². The minimum Gasteiger partial charge on any atom is -0.550 e. The number of carbonyl (C=O) groups excluding carboxylic acids is 1. The molecule has 0 fully saturated rings. The molecule has 0 saturated carbocycles. The van der Waals surface area contributed by atoms with Crippen molar-refractivity contribution in [2.45, 2.75) is 58.3 Å². The van der Waals surface area contributed by atoms with Crippen molar-refractivity contribution >= 4 is 17.9 Å². The summed E-state index contributed by atoms with van der Waals surface area (Å²) in [4.78, 5) is 29.2. The summed E-state index contributed by atoms with van der Waals surface area (Å²) in [5, 5.41) is 25.7. The summed E-state index contributed by atoms with van der Waals surface area (Å²) < 4.78 is 0. The van der Waals surface area contributed by atoms with Crippen LogP contribution >= 0.6 is 0 Å². The molecule has 0 spiro atoms. The summed E-state index contributed by atoms with van der Waals surface area (Å²) in [6, 6.07) is 0. The SMILES string of the molecule is CCCCCCCC(=O)[O-].O=C(O)CCC(=O)O.[Na+]. The number of carboxylic acids is 3. The van der Waals surface area contributed by atoms with Crippen LogP contribution in [0.1, 0.15) is 58.3 Å². The standard InChI is InChI=1S/C8H16O2.C4H6O4.Na/c1-2-3-4-5-6-7-8(9)10;5-3(6)1-2-4(7)8;/h2-7H2,1H3,(H,9,10);1-2H2,(H,5,6)(H,7,8);/q;;+1/p-1. The molecule has 0 rings (SSSR count). The second kappa shape index (κ2) is 17.4. The van der Waals surface area contributed by atoms with Gasteiger partial charge in [0.2, 0.25) is 0 Å². The van der Waals surface area contributed by atoms with E-state index in [0.29, 0.717) is 0 Å². The Bertz CT molecular complexity index is 241. The molecule has 0 radical (unpaired) electrons. The van der Waals surface area contributed by atoms with Gasteiger partial charge < -0.3 is 20.1 Å². The first-order valence-electron chi connectivity index (χ1n) is 6.03. The third-order valence-electron chi connectivity index (χ3n) is 2.04. The quantitative estimate of drug-likeness (QED) is 0.375. The first kappa shape index (κ1) is 23.5. The van der Waals surface area contributed by atoms with Crippen LogP contribution in [0.2, 0.25) is 0 Å². The van der Waals surface area contributed by atoms with Crippen LogP contribution in [0.15, 0.2) is 0 Å². The van der Waals surface area contributed by atoms with Crippen LogP contribution in [-0.2, 0) is 14.4 Å². The van der Waals surface area contributed by atoms with Crippen LogP contribution < -0.4 is 34.7 Å². The van der Waals surface area contributed by atoms with E-state index >= 15 is 0 Å². The van der Waals surface area contributed by atoms with E-state index in [1.165, 1.54) is 12.8 Å². The number of hydrogen-bond acceptors (Lipinski definition) is 4. The summed E-state index contributed by atoms with van der Waals surface area (Å²) in [6.07, 6.45) is 5.01. The summed E-state index contributed by atoms with van der Waals surface area (Å²) in [7, 11) is 0. The maximum absolute atomic E-state index is 9.92. The average Bonchev–Trinajstić information content (AvgIpc) is 2.26. The Labute approximate surface area is 135 Å². The van der Waals surface area contributed by atoms with Gasteiger partial charge in [-0.2, -0.15) is 0 Å². The molecule has 0 aliphatic rings. The molecule has 19 heavy (non-hydrogen) atoms. The second-order valence-electron chi connectivity index (χ2n) is 3.82. The minimum atomic E-state index is -1.08. The van der Waals surface area contributed by atoms with Crippen molar-refractivity contribution in [3.8, 4) is 0 Å². The van der Waals surface area contributed by atoms with E-state index in [1.54, 1.807) is 0 Å². The third kappa shape index (κ3) is 31.8. The summed E-state index contributed by atoms with van der Waals surface area (Å²) in [6.45, 7) is 2.14. The summed E-state index contributed by atoms with van der Waals surface area (Å²) in [5.41, 5.74) is 0. The zero-order valence-corrected chi connectivity index (χ0v) is 13.7. The maximum Gasteiger partial charge on any atom is 1.00 e. The Morgan fingerprint density at radius 1 is 0.842 bits per heavy atom. The Balaban J connectivity index is -0.000000262. The molecular weight excluding hydrogens is 263 g/mol. The van der Waals surface area contributed by atoms with Crippen molar-refractivity contribution in [2.75, 3.05) is 0 Å². The van der Waals surface area contributed by atoms with E-state index in [1.807, 2.05) is 0 Å². The number of aliphatic carboxylic acids is 3. The van der Waals surface area contributed by atoms with Gasteiger partial charge in [-0.3, -0.25) is 9.59 Å². The van der Waals surface area contributed by atoms with Gasteiger partial charge >= 0.3 is 41.5 Å². The van der Waals surface area contributed by atoms with E-state index in [0.717, 1.165) is 19.3 Å². The molecule has 0 bridgehead atoms. The minimum absolute atomic E-state index is 0. The largest absolute Gasteiger partial charge is 1.00 e. The first-order valence-corrected chi connectivity index (χ1v) is 6.03. The van der Waals surface area contributed by atoms with Gasteiger partial charge in [0.25, 0.3) is 0 Å². The van der Waals surface area contributed by atoms with Gasteiger partial charge in [0, 0.05) is 5.97 Å². The van der Waals surface area contributed by atoms with Crippen molar-refractivity contribution in [2.24, 2.45) is 0 Å². The number of unbranched alkanes of at least 4 members (excludes halogenated alkanes) is 4. The molecule has 0 aliphatic carbocycles. The Morgan fingerprint density at radius 2 is 1.26 bits per heavy atom. The molecular formula is C12H21NaO6. The summed E-state index contributed by atoms with van der Waals surface area (Å²) >= 11 is 0. The molecule has 6 nitrogen and oxygen atoms in total. The van der Waals surface area contributed by atoms with Gasteiger partial charge in [0.1, 0.15) is 0 Å². The number of rotatable bonds is 9. The molecule has 0 aromatic carbocycles. The van der Waals surface area contributed by atoms with E-state index in [2.05, 4.69) is 6.92 Å². The van der Waals surface area contributed by atoms with Gasteiger partial charge in [-0.25, -0.2) is 0 Å². The van der Waals surface area contributed by atoms with E-state index in [4.69, 9.17) is 10.2 Å². The van der Waals surface area contributed by atoms with Crippen molar-refractivity contribution in [1.29, 1.82) is 0 Å². The van der Waals surface area contributed by atoms with Crippen LogP contribution in [0, 0.1) is 0 Å². The van der Waals surface area contributed by atoms with Gasteiger partial charge in [0.15, 0.2) is 0 Å². The molecule has 0 heterocycles. The van der Waals surface area contributed by atoms with Crippen LogP contribution in [0.3, 0.4) is 0 Å². The molecule has 0 amide bonds. The molecule has 106 valence electrons. The number of carbonyl (C=O) groups is 3. The Morgan fingerprint density at radius 3 is 1.58 bits per heavy atom. The molecule has 0 aliphatic heterocycles. The monoisotopic (exact) mass is 284 g/mol. The van der Waals surface area contributed by atoms with E-state index in [-0.39, 0.29) is 48.8 Å². The van der Waals surface area contributed by atoms with Crippen molar-refractivity contribution in [1.82, 2.24) is 0 Å². The van der Waals surface area contributed by atoms with Crippen LogP contribution in [0.5, 0.6) is 0 Å². The first-order chi connectivity index (χ1) is 8.40. The Kier molecular flexibility index (Phi) is 21.5. The summed E-state index contributed by atoms with van der Waals surface area (Å²) in [5.74, 6) is -3.07.